The fourth-order valence-electron chi connectivity index (χ4n) is 19.9. The lowest BCUT2D eigenvalue weighted by molar-refractivity contribution is 0.487. The highest BCUT2D eigenvalue weighted by atomic mass is 16.5. The van der Waals surface area contributed by atoms with E-state index in [0.29, 0.717) is 0 Å². The summed E-state index contributed by atoms with van der Waals surface area (Å²) >= 11 is 0. The lowest BCUT2D eigenvalue weighted by Gasteiger charge is -2.44. The van der Waals surface area contributed by atoms with E-state index in [2.05, 4.69) is 305 Å². The Labute approximate surface area is 623 Å². The maximum absolute atomic E-state index is 8.01. The van der Waals surface area contributed by atoms with Crippen LogP contribution in [0.5, 0.6) is 34.5 Å². The van der Waals surface area contributed by atoms with Crippen LogP contribution in [-0.2, 0) is 0 Å². The van der Waals surface area contributed by atoms with E-state index in [1.807, 2.05) is 12.1 Å². The molecule has 0 fully saturated rings. The number of rotatable bonds is 5. The number of furan rings is 3. The number of ether oxygens (including phenoxy) is 3. The van der Waals surface area contributed by atoms with Gasteiger partial charge < -0.3 is 42.6 Å². The van der Waals surface area contributed by atoms with Crippen LogP contribution in [0.25, 0.3) is 99.2 Å². The molecule has 506 valence electrons. The number of anilines is 8. The summed E-state index contributed by atoms with van der Waals surface area (Å²) in [7, 11) is 0. The van der Waals surface area contributed by atoms with Crippen molar-refractivity contribution in [2.24, 2.45) is 0 Å². The van der Waals surface area contributed by atoms with Crippen LogP contribution in [-0.4, -0.2) is 20.1 Å². The molecule has 0 saturated heterocycles. The van der Waals surface area contributed by atoms with Gasteiger partial charge in [-0.05, 0) is 202 Å². The SMILES string of the molecule is Cc1cc(C)c(N2c3cc4c(cc3B3c5cc6c(cc5Oc5cc(-c7cccc8c7oc7ccccc78)cc2c53)N(c2c(C)cc(C)cc2C)c2cc(-c3cccc5c3oc3ccccc35)cc3c2B6c2ccccc2O3)B2c3ccccc3Oc3cc(-c5cccc6c5oc5ccccc56)cc(c32)N4)c(C)c1. The van der Waals surface area contributed by atoms with Gasteiger partial charge >= 0.3 is 0 Å². The molecule has 3 aromatic heterocycles. The monoisotopic (exact) mass is 1390 g/mol. The Kier molecular flexibility index (Phi) is 12.0. The van der Waals surface area contributed by atoms with E-state index in [-0.39, 0.29) is 20.1 Å². The lowest BCUT2D eigenvalue weighted by Crippen LogP contribution is -2.65. The Hall–Kier alpha value is -13.3. The van der Waals surface area contributed by atoms with Gasteiger partial charge in [-0.25, -0.2) is 0 Å². The van der Waals surface area contributed by atoms with Gasteiger partial charge in [-0.1, -0.05) is 193 Å². The minimum atomic E-state index is -0.357. The molecular formula is C96H62B3N3O6. The first-order valence-corrected chi connectivity index (χ1v) is 37.3. The van der Waals surface area contributed by atoms with Crippen LogP contribution >= 0.6 is 0 Å². The van der Waals surface area contributed by atoms with Crippen LogP contribution in [0.1, 0.15) is 33.4 Å². The molecule has 0 amide bonds. The molecule has 0 saturated carbocycles. The highest BCUT2D eigenvalue weighted by Gasteiger charge is 2.50. The van der Waals surface area contributed by atoms with Crippen molar-refractivity contribution in [1.29, 1.82) is 0 Å². The molecule has 0 atom stereocenters. The van der Waals surface area contributed by atoms with Crippen molar-refractivity contribution in [3.8, 4) is 67.9 Å². The topological polar surface area (TPSA) is 85.6 Å². The molecule has 18 aromatic rings. The number of aryl methyl sites for hydroxylation is 6. The minimum absolute atomic E-state index is 0.212. The van der Waals surface area contributed by atoms with E-state index >= 15 is 0 Å². The summed E-state index contributed by atoms with van der Waals surface area (Å²) in [5, 5.41) is 10.6. The number of benzene rings is 15. The Bertz CT molecular complexity index is 7120. The van der Waals surface area contributed by atoms with E-state index in [0.717, 1.165) is 245 Å². The van der Waals surface area contributed by atoms with E-state index in [4.69, 9.17) is 27.5 Å². The number of hydrogen-bond acceptors (Lipinski definition) is 9. The van der Waals surface area contributed by atoms with Gasteiger partial charge in [0, 0.05) is 89.2 Å². The zero-order valence-corrected chi connectivity index (χ0v) is 59.9. The molecule has 0 aliphatic carbocycles. The summed E-state index contributed by atoms with van der Waals surface area (Å²) in [6.07, 6.45) is 0. The third-order valence-electron chi connectivity index (χ3n) is 24.1. The average molecular weight is 1390 g/mol. The largest absolute Gasteiger partial charge is 0.458 e. The highest BCUT2D eigenvalue weighted by molar-refractivity contribution is 7.03. The van der Waals surface area contributed by atoms with Crippen LogP contribution < -0.4 is 78.5 Å². The lowest BCUT2D eigenvalue weighted by atomic mass is 9.29. The first-order valence-electron chi connectivity index (χ1n) is 37.3. The molecule has 9 heterocycles. The summed E-state index contributed by atoms with van der Waals surface area (Å²) in [6.45, 7) is 12.6. The first-order chi connectivity index (χ1) is 53.0. The van der Waals surface area contributed by atoms with Gasteiger partial charge in [-0.2, -0.15) is 0 Å². The van der Waals surface area contributed by atoms with Crippen molar-refractivity contribution >= 4 is 181 Å². The van der Waals surface area contributed by atoms with Gasteiger partial charge in [0.1, 0.15) is 68.0 Å². The predicted molar refractivity (Wildman–Crippen MR) is 446 cm³/mol. The van der Waals surface area contributed by atoms with Gasteiger partial charge in [-0.3, -0.25) is 0 Å². The Morgan fingerprint density at radius 3 is 1.13 bits per heavy atom. The zero-order chi connectivity index (χ0) is 71.4. The fourth-order valence-corrected chi connectivity index (χ4v) is 19.9. The van der Waals surface area contributed by atoms with E-state index < -0.39 is 0 Å². The molecule has 12 heteroatoms. The van der Waals surface area contributed by atoms with Crippen molar-refractivity contribution in [3.05, 3.63) is 294 Å². The van der Waals surface area contributed by atoms with Crippen LogP contribution in [0.4, 0.5) is 45.5 Å². The molecule has 15 aromatic carbocycles. The van der Waals surface area contributed by atoms with Crippen LogP contribution in [0.2, 0.25) is 0 Å². The number of fused-ring (bicyclic) bond motifs is 21. The van der Waals surface area contributed by atoms with Crippen LogP contribution in [0, 0.1) is 41.5 Å². The molecule has 108 heavy (non-hydrogen) atoms. The third-order valence-corrected chi connectivity index (χ3v) is 24.1. The molecule has 6 aliphatic heterocycles. The molecule has 0 bridgehead atoms. The minimum Gasteiger partial charge on any atom is -0.458 e. The summed E-state index contributed by atoms with van der Waals surface area (Å²) in [5.41, 5.74) is 36.5. The second-order valence-corrected chi connectivity index (χ2v) is 30.5. The van der Waals surface area contributed by atoms with Crippen LogP contribution in [0.3, 0.4) is 0 Å². The average Bonchev–Trinajstić information content (AvgIpc) is 0.771. The maximum Gasteiger partial charge on any atom is 0.256 e. The van der Waals surface area contributed by atoms with E-state index in [1.165, 1.54) is 16.6 Å². The van der Waals surface area contributed by atoms with E-state index in [9.17, 15) is 0 Å². The van der Waals surface area contributed by atoms with Crippen molar-refractivity contribution < 1.29 is 27.5 Å². The number of hydrogen-bond donors (Lipinski definition) is 1. The van der Waals surface area contributed by atoms with Gasteiger partial charge in [0.25, 0.3) is 20.1 Å². The zero-order valence-electron chi connectivity index (χ0n) is 59.9. The number of nitrogens with zero attached hydrogens (tertiary/aromatic N) is 2. The second-order valence-electron chi connectivity index (χ2n) is 30.5. The Morgan fingerprint density at radius 2 is 0.648 bits per heavy atom. The molecule has 6 aliphatic rings. The van der Waals surface area contributed by atoms with E-state index in [1.54, 1.807) is 0 Å². The fraction of sp³-hybridized carbons (Fsp3) is 0.0625. The molecule has 1 N–H and O–H groups in total. The first kappa shape index (κ1) is 60.0. The molecule has 0 spiro atoms. The van der Waals surface area contributed by atoms with Gasteiger partial charge in [0.2, 0.25) is 0 Å². The Morgan fingerprint density at radius 1 is 0.269 bits per heavy atom. The molecule has 0 radical (unpaired) electrons. The van der Waals surface area contributed by atoms with Gasteiger partial charge in [-0.15, -0.1) is 0 Å². The van der Waals surface area contributed by atoms with Gasteiger partial charge in [0.15, 0.2) is 0 Å². The van der Waals surface area contributed by atoms with Crippen molar-refractivity contribution in [3.63, 3.8) is 0 Å². The van der Waals surface area contributed by atoms with Crippen LogP contribution in [0.15, 0.2) is 274 Å². The smallest absolute Gasteiger partial charge is 0.256 e. The number of nitrogens with one attached hydrogen (secondary N) is 1. The number of para-hydroxylation sites is 8. The van der Waals surface area contributed by atoms with Crippen molar-refractivity contribution in [1.82, 2.24) is 0 Å². The maximum atomic E-state index is 8.01. The third kappa shape index (κ3) is 8.23. The standard InChI is InChI=1S/C96H62B3N3O6/c1-50-36-52(3)92(53(4)37-50)101-76-48-74-70(97-68-29-10-15-34-83(68)103-86-43-56(40-75(100-74)89(86)97)59-23-17-26-65-62-20-7-12-31-80(62)106-94(59)65)46-71(76)99-73-47-72-77(49-85(73)105-88-45-58(42-79(101)91(88)99)61-25-19-28-67-64-22-9-14-33-82(64)108-96(61)67)102(93-54(5)38-51(2)39-55(93)6)78-41-57(44-87-90(78)98(72)69-30-11-16-35-84(69)104-87)60-24-18-27-66-63-21-8-13-32-81(63)107-95(60)66/h7-49,100H,1-6H3. The second kappa shape index (κ2) is 21.7. The predicted octanol–water partition coefficient (Wildman–Crippen LogP) is 19.7. The molecular weight excluding hydrogens is 1320 g/mol. The van der Waals surface area contributed by atoms with Gasteiger partial charge in [0.05, 0.1) is 11.4 Å². The Balaban J connectivity index is 0.788. The molecule has 9 nitrogen and oxygen atoms in total. The normalized spacial score (nSPS) is 13.7. The quantitative estimate of drug-likeness (QED) is 0.169. The summed E-state index contributed by atoms with van der Waals surface area (Å²) < 4.78 is 43.2. The van der Waals surface area contributed by atoms with Crippen molar-refractivity contribution in [2.45, 2.75) is 41.5 Å². The summed E-state index contributed by atoms with van der Waals surface area (Å²) in [4.78, 5) is 5.09. The van der Waals surface area contributed by atoms with Crippen molar-refractivity contribution in [2.75, 3.05) is 15.1 Å². The molecule has 0 unspecified atom stereocenters. The highest BCUT2D eigenvalue weighted by Crippen LogP contribution is 2.52. The summed E-state index contributed by atoms with van der Waals surface area (Å²) in [5.74, 6) is 4.84. The summed E-state index contributed by atoms with van der Waals surface area (Å²) in [6, 6.07) is 95.0. The molecule has 24 rings (SSSR count).